The first-order valence-corrected chi connectivity index (χ1v) is 9.32. The lowest BCUT2D eigenvalue weighted by Gasteiger charge is -2.23. The summed E-state index contributed by atoms with van der Waals surface area (Å²) in [7, 11) is 0. The van der Waals surface area contributed by atoms with Crippen LogP contribution in [-0.4, -0.2) is 27.1 Å². The molecule has 1 N–H and O–H groups in total. The van der Waals surface area contributed by atoms with E-state index in [1.54, 1.807) is 6.20 Å². The van der Waals surface area contributed by atoms with E-state index in [0.717, 1.165) is 42.0 Å². The average Bonchev–Trinajstić information content (AvgIpc) is 2.58. The van der Waals surface area contributed by atoms with Crippen molar-refractivity contribution in [2.45, 2.75) is 26.3 Å². The Balaban J connectivity index is 2.01. The monoisotopic (exact) mass is 343 g/mol. The van der Waals surface area contributed by atoms with Crippen LogP contribution in [0, 0.1) is 12.8 Å². The minimum Gasteiger partial charge on any atom is -0.477 e. The highest BCUT2D eigenvalue weighted by atomic mass is 32.2. The summed E-state index contributed by atoms with van der Waals surface area (Å²) in [5.74, 6) is 1.69. The Morgan fingerprint density at radius 2 is 1.88 bits per heavy atom. The minimum atomic E-state index is -1.16. The van der Waals surface area contributed by atoms with E-state index in [0.29, 0.717) is 11.5 Å². The van der Waals surface area contributed by atoms with Gasteiger partial charge in [0.1, 0.15) is 5.56 Å². The highest BCUT2D eigenvalue weighted by molar-refractivity contribution is 7.99. The van der Waals surface area contributed by atoms with Crippen LogP contribution in [0.15, 0.2) is 41.5 Å². The number of aryl methyl sites for hydroxylation is 1. The van der Waals surface area contributed by atoms with Gasteiger partial charge in [-0.15, -0.1) is 0 Å². The molecule has 1 aromatic carbocycles. The van der Waals surface area contributed by atoms with E-state index in [2.05, 4.69) is 0 Å². The van der Waals surface area contributed by atoms with E-state index >= 15 is 0 Å². The molecule has 1 aliphatic heterocycles. The van der Waals surface area contributed by atoms with Crippen molar-refractivity contribution in [3.05, 3.63) is 58.0 Å². The summed E-state index contributed by atoms with van der Waals surface area (Å²) < 4.78 is 1.89. The molecule has 4 nitrogen and oxygen atoms in total. The Labute approximate surface area is 145 Å². The van der Waals surface area contributed by atoms with Gasteiger partial charge in [-0.25, -0.2) is 4.79 Å². The number of aromatic carboxylic acids is 1. The van der Waals surface area contributed by atoms with Gasteiger partial charge in [-0.1, -0.05) is 29.8 Å². The van der Waals surface area contributed by atoms with Crippen LogP contribution in [0.3, 0.4) is 0 Å². The molecule has 3 rings (SSSR count). The molecule has 126 valence electrons. The maximum absolute atomic E-state index is 12.5. The van der Waals surface area contributed by atoms with Crippen LogP contribution in [0.4, 0.5) is 0 Å². The molecule has 0 spiro atoms. The maximum atomic E-state index is 12.5. The first-order chi connectivity index (χ1) is 11.5. The van der Waals surface area contributed by atoms with Crippen LogP contribution in [0.1, 0.15) is 28.8 Å². The molecule has 2 aromatic rings. The SMILES string of the molecule is Cc1ccc(-c2cn(CC3CCSCC3)cc(C(=O)O)c2=O)cc1. The van der Waals surface area contributed by atoms with Gasteiger partial charge in [-0.05, 0) is 42.8 Å². The Kier molecular flexibility index (Phi) is 5.09. The molecule has 0 atom stereocenters. The average molecular weight is 343 g/mol. The lowest BCUT2D eigenvalue weighted by molar-refractivity contribution is 0.0694. The van der Waals surface area contributed by atoms with Gasteiger partial charge in [-0.3, -0.25) is 4.79 Å². The summed E-state index contributed by atoms with van der Waals surface area (Å²) in [5.41, 5.74) is 1.76. The molecular weight excluding hydrogens is 322 g/mol. The van der Waals surface area contributed by atoms with Gasteiger partial charge in [0, 0.05) is 24.5 Å². The zero-order chi connectivity index (χ0) is 17.1. The van der Waals surface area contributed by atoms with E-state index < -0.39 is 11.4 Å². The van der Waals surface area contributed by atoms with Crippen LogP contribution in [0.5, 0.6) is 0 Å². The Morgan fingerprint density at radius 3 is 2.50 bits per heavy atom. The number of aromatic nitrogens is 1. The molecule has 0 amide bonds. The van der Waals surface area contributed by atoms with Gasteiger partial charge >= 0.3 is 5.97 Å². The number of carboxylic acid groups (broad SMARTS) is 1. The van der Waals surface area contributed by atoms with Crippen molar-refractivity contribution in [1.29, 1.82) is 0 Å². The second kappa shape index (κ2) is 7.26. The lowest BCUT2D eigenvalue weighted by Crippen LogP contribution is -2.22. The van der Waals surface area contributed by atoms with Crippen molar-refractivity contribution in [3.63, 3.8) is 0 Å². The van der Waals surface area contributed by atoms with Crippen LogP contribution in [-0.2, 0) is 6.54 Å². The third-order valence-corrected chi connectivity index (χ3v) is 5.53. The van der Waals surface area contributed by atoms with Crippen LogP contribution in [0.25, 0.3) is 11.1 Å². The molecule has 24 heavy (non-hydrogen) atoms. The molecular formula is C19H21NO3S. The van der Waals surface area contributed by atoms with Gasteiger partial charge in [0.2, 0.25) is 5.43 Å². The van der Waals surface area contributed by atoms with Crippen molar-refractivity contribution >= 4 is 17.7 Å². The van der Waals surface area contributed by atoms with Crippen molar-refractivity contribution < 1.29 is 9.90 Å². The van der Waals surface area contributed by atoms with Crippen molar-refractivity contribution in [1.82, 2.24) is 4.57 Å². The number of carboxylic acids is 1. The fraction of sp³-hybridized carbons (Fsp3) is 0.368. The van der Waals surface area contributed by atoms with Gasteiger partial charge in [0.05, 0.1) is 0 Å². The second-order valence-electron chi connectivity index (χ2n) is 6.34. The largest absolute Gasteiger partial charge is 0.477 e. The van der Waals surface area contributed by atoms with Gasteiger partial charge in [0.25, 0.3) is 0 Å². The summed E-state index contributed by atoms with van der Waals surface area (Å²) in [6.45, 7) is 2.75. The van der Waals surface area contributed by atoms with Gasteiger partial charge in [-0.2, -0.15) is 11.8 Å². The highest BCUT2D eigenvalue weighted by Gasteiger charge is 2.18. The standard InChI is InChI=1S/C19H21NO3S/c1-13-2-4-15(5-3-13)16-11-20(10-14-6-8-24-9-7-14)12-17(18(16)21)19(22)23/h2-5,11-12,14H,6-10H2,1H3,(H,22,23). The zero-order valence-corrected chi connectivity index (χ0v) is 14.5. The fourth-order valence-corrected chi connectivity index (χ4v) is 4.26. The Bertz CT molecular complexity index is 789. The van der Waals surface area contributed by atoms with E-state index in [9.17, 15) is 14.7 Å². The quantitative estimate of drug-likeness (QED) is 0.920. The van der Waals surface area contributed by atoms with Crippen LogP contribution < -0.4 is 5.43 Å². The summed E-state index contributed by atoms with van der Waals surface area (Å²) in [6.07, 6.45) is 5.57. The van der Waals surface area contributed by atoms with Crippen molar-refractivity contribution in [3.8, 4) is 11.1 Å². The number of nitrogens with zero attached hydrogens (tertiary/aromatic N) is 1. The number of benzene rings is 1. The van der Waals surface area contributed by atoms with Crippen LogP contribution in [0.2, 0.25) is 0 Å². The predicted octanol–water partition coefficient (Wildman–Crippen LogP) is 3.67. The zero-order valence-electron chi connectivity index (χ0n) is 13.7. The predicted molar refractivity (Wildman–Crippen MR) is 97.9 cm³/mol. The molecule has 0 aliphatic carbocycles. The molecule has 1 saturated heterocycles. The maximum Gasteiger partial charge on any atom is 0.341 e. The number of hydrogen-bond donors (Lipinski definition) is 1. The summed E-state index contributed by atoms with van der Waals surface area (Å²) >= 11 is 1.97. The van der Waals surface area contributed by atoms with E-state index in [4.69, 9.17) is 0 Å². The number of rotatable bonds is 4. The Morgan fingerprint density at radius 1 is 1.21 bits per heavy atom. The smallest absolute Gasteiger partial charge is 0.341 e. The van der Waals surface area contributed by atoms with Crippen molar-refractivity contribution in [2.24, 2.45) is 5.92 Å². The molecule has 0 unspecified atom stereocenters. The highest BCUT2D eigenvalue weighted by Crippen LogP contribution is 2.25. The number of hydrogen-bond acceptors (Lipinski definition) is 3. The van der Waals surface area contributed by atoms with Crippen LogP contribution >= 0.6 is 11.8 Å². The Hall–Kier alpha value is -2.01. The van der Waals surface area contributed by atoms with E-state index in [1.165, 1.54) is 6.20 Å². The normalized spacial score (nSPS) is 15.4. The molecule has 0 saturated carbocycles. The third kappa shape index (κ3) is 3.73. The molecule has 1 aliphatic rings. The molecule has 1 aromatic heterocycles. The van der Waals surface area contributed by atoms with Crippen molar-refractivity contribution in [2.75, 3.05) is 11.5 Å². The summed E-state index contributed by atoms with van der Waals surface area (Å²) in [6, 6.07) is 7.62. The second-order valence-corrected chi connectivity index (χ2v) is 7.56. The van der Waals surface area contributed by atoms with Gasteiger partial charge in [0.15, 0.2) is 0 Å². The topological polar surface area (TPSA) is 59.3 Å². The fourth-order valence-electron chi connectivity index (χ4n) is 3.05. The third-order valence-electron chi connectivity index (χ3n) is 4.48. The summed E-state index contributed by atoms with van der Waals surface area (Å²) in [4.78, 5) is 24.0. The lowest BCUT2D eigenvalue weighted by atomic mass is 10.0. The number of pyridine rings is 1. The van der Waals surface area contributed by atoms with E-state index in [-0.39, 0.29) is 5.56 Å². The molecule has 5 heteroatoms. The number of carbonyl (C=O) groups is 1. The molecule has 2 heterocycles. The van der Waals surface area contributed by atoms with Gasteiger partial charge < -0.3 is 9.67 Å². The minimum absolute atomic E-state index is 0.154. The molecule has 0 radical (unpaired) electrons. The molecule has 0 bridgehead atoms. The first-order valence-electron chi connectivity index (χ1n) is 8.17. The first kappa shape index (κ1) is 16.8. The number of thioether (sulfide) groups is 1. The molecule has 1 fully saturated rings. The summed E-state index contributed by atoms with van der Waals surface area (Å²) in [5, 5.41) is 9.39. The van der Waals surface area contributed by atoms with E-state index in [1.807, 2.05) is 47.5 Å².